The van der Waals surface area contributed by atoms with Crippen LogP contribution in [-0.4, -0.2) is 26.4 Å². The van der Waals surface area contributed by atoms with Gasteiger partial charge < -0.3 is 10.3 Å². The zero-order valence-electron chi connectivity index (χ0n) is 16.5. The number of likely N-dealkylation sites (tertiary alicyclic amines) is 1. The number of hydrogen-bond acceptors (Lipinski definition) is 6. The first kappa shape index (κ1) is 18.8. The fourth-order valence-corrected chi connectivity index (χ4v) is 4.95. The van der Waals surface area contributed by atoms with Crippen LogP contribution in [0.25, 0.3) is 10.9 Å². The van der Waals surface area contributed by atoms with Crippen molar-refractivity contribution in [2.75, 3.05) is 11.9 Å². The second-order valence-electron chi connectivity index (χ2n) is 7.58. The number of piperidine rings is 1. The fourth-order valence-electron chi connectivity index (χ4n) is 4.18. The summed E-state index contributed by atoms with van der Waals surface area (Å²) in [6.07, 6.45) is 7.27. The Bertz CT molecular complexity index is 1190. The van der Waals surface area contributed by atoms with E-state index in [1.165, 1.54) is 29.3 Å². The summed E-state index contributed by atoms with van der Waals surface area (Å²) in [7, 11) is 0. The van der Waals surface area contributed by atoms with E-state index >= 15 is 0 Å². The average molecular weight is 415 g/mol. The summed E-state index contributed by atoms with van der Waals surface area (Å²) in [6.45, 7) is 2.02. The molecule has 0 unspecified atom stereocenters. The first-order chi connectivity index (χ1) is 14.8. The summed E-state index contributed by atoms with van der Waals surface area (Å²) >= 11 is 1.61. The van der Waals surface area contributed by atoms with E-state index in [2.05, 4.69) is 49.8 Å². The number of rotatable bonds is 5. The number of thiazole rings is 1. The van der Waals surface area contributed by atoms with Crippen LogP contribution < -0.4 is 5.32 Å². The Kier molecular flexibility index (Phi) is 5.18. The molecule has 0 bridgehead atoms. The van der Waals surface area contributed by atoms with Gasteiger partial charge in [-0.2, -0.15) is 5.26 Å². The van der Waals surface area contributed by atoms with Crippen LogP contribution >= 0.6 is 11.3 Å². The molecule has 3 aromatic heterocycles. The molecule has 30 heavy (non-hydrogen) atoms. The van der Waals surface area contributed by atoms with Gasteiger partial charge >= 0.3 is 0 Å². The molecule has 150 valence electrons. The highest BCUT2D eigenvalue weighted by atomic mass is 32.1. The van der Waals surface area contributed by atoms with Crippen molar-refractivity contribution in [1.29, 1.82) is 5.26 Å². The van der Waals surface area contributed by atoms with Gasteiger partial charge in [-0.25, -0.2) is 9.97 Å². The van der Waals surface area contributed by atoms with Crippen molar-refractivity contribution >= 4 is 33.1 Å². The minimum Gasteiger partial charge on any atom is -0.361 e. The zero-order valence-corrected chi connectivity index (χ0v) is 17.3. The molecule has 1 aromatic carbocycles. The second-order valence-corrected chi connectivity index (χ2v) is 8.44. The summed E-state index contributed by atoms with van der Waals surface area (Å²) in [5.74, 6) is 0. The normalized spacial score (nSPS) is 17.1. The first-order valence-electron chi connectivity index (χ1n) is 10.2. The van der Waals surface area contributed by atoms with E-state index in [-0.39, 0.29) is 0 Å². The quantitative estimate of drug-likeness (QED) is 0.459. The monoisotopic (exact) mass is 414 g/mol. The van der Waals surface area contributed by atoms with Crippen molar-refractivity contribution in [2.24, 2.45) is 0 Å². The Morgan fingerprint density at radius 1 is 1.23 bits per heavy atom. The molecule has 1 fully saturated rings. The van der Waals surface area contributed by atoms with Gasteiger partial charge in [-0.3, -0.25) is 4.90 Å². The highest BCUT2D eigenvalue weighted by Crippen LogP contribution is 2.35. The van der Waals surface area contributed by atoms with Crippen molar-refractivity contribution in [2.45, 2.75) is 31.8 Å². The number of H-pyrrole nitrogens is 1. The number of nitriles is 1. The van der Waals surface area contributed by atoms with Gasteiger partial charge in [-0.15, -0.1) is 11.3 Å². The summed E-state index contributed by atoms with van der Waals surface area (Å²) in [6, 6.07) is 14.6. The Labute approximate surface area is 179 Å². The molecule has 4 heterocycles. The number of pyridine rings is 1. The van der Waals surface area contributed by atoms with Crippen molar-refractivity contribution in [3.05, 3.63) is 71.1 Å². The predicted octanol–water partition coefficient (Wildman–Crippen LogP) is 5.36. The second kappa shape index (κ2) is 8.27. The number of fused-ring (bicyclic) bond motifs is 1. The molecule has 0 spiro atoms. The van der Waals surface area contributed by atoms with Gasteiger partial charge in [0.1, 0.15) is 11.8 Å². The van der Waals surface area contributed by atoms with E-state index < -0.39 is 0 Å². The average Bonchev–Trinajstić information content (AvgIpc) is 3.45. The Balaban J connectivity index is 1.34. The third kappa shape index (κ3) is 3.80. The molecule has 7 heteroatoms. The lowest BCUT2D eigenvalue weighted by atomic mass is 9.98. The number of aromatic nitrogens is 3. The first-order valence-corrected chi connectivity index (χ1v) is 11.1. The third-order valence-electron chi connectivity index (χ3n) is 5.67. The molecule has 1 aliphatic rings. The molecule has 4 aromatic rings. The zero-order chi connectivity index (χ0) is 20.3. The smallest absolute Gasteiger partial charge is 0.187 e. The van der Waals surface area contributed by atoms with Gasteiger partial charge in [0.2, 0.25) is 0 Å². The molecule has 1 atom stereocenters. The molecule has 0 radical (unpaired) electrons. The van der Waals surface area contributed by atoms with E-state index in [9.17, 15) is 0 Å². The molecular formula is C23H22N6S. The molecule has 0 amide bonds. The number of aromatic amines is 1. The van der Waals surface area contributed by atoms with E-state index in [0.29, 0.717) is 11.7 Å². The summed E-state index contributed by atoms with van der Waals surface area (Å²) in [5, 5.41) is 16.5. The highest BCUT2D eigenvalue weighted by molar-refractivity contribution is 7.13. The lowest BCUT2D eigenvalue weighted by Crippen LogP contribution is -2.33. The SMILES string of the molecule is N#Cc1ccc(Nc2nc([C@@H]3CCCCN3Cc3cccc4[nH]ccc34)cs2)cn1. The van der Waals surface area contributed by atoms with Crippen LogP contribution in [0.1, 0.15) is 42.3 Å². The van der Waals surface area contributed by atoms with Gasteiger partial charge in [0.25, 0.3) is 0 Å². The van der Waals surface area contributed by atoms with Gasteiger partial charge in [-0.05, 0) is 49.2 Å². The number of hydrogen-bond donors (Lipinski definition) is 2. The molecule has 0 saturated carbocycles. The van der Waals surface area contributed by atoms with Crippen LogP contribution in [0.2, 0.25) is 0 Å². The Hall–Kier alpha value is -3.21. The van der Waals surface area contributed by atoms with Gasteiger partial charge in [0.05, 0.1) is 23.6 Å². The lowest BCUT2D eigenvalue weighted by Gasteiger charge is -2.35. The standard InChI is InChI=1S/C23H22N6S/c24-12-17-7-8-18(13-26-17)27-23-28-21(15-30-23)22-6-1-2-11-29(22)14-16-4-3-5-20-19(16)9-10-25-20/h3-5,7-10,13,15,22,25H,1-2,6,11,14H2,(H,27,28)/t22-/m0/s1. The van der Waals surface area contributed by atoms with Crippen LogP contribution in [0.15, 0.2) is 54.2 Å². The van der Waals surface area contributed by atoms with Crippen molar-refractivity contribution in [3.63, 3.8) is 0 Å². The lowest BCUT2D eigenvalue weighted by molar-refractivity contribution is 0.138. The van der Waals surface area contributed by atoms with Crippen LogP contribution in [0.5, 0.6) is 0 Å². The summed E-state index contributed by atoms with van der Waals surface area (Å²) in [4.78, 5) is 14.9. The molecule has 1 aliphatic heterocycles. The number of nitrogens with zero attached hydrogens (tertiary/aromatic N) is 4. The molecule has 1 saturated heterocycles. The van der Waals surface area contributed by atoms with E-state index in [0.717, 1.165) is 36.0 Å². The molecule has 2 N–H and O–H groups in total. The Morgan fingerprint density at radius 2 is 2.20 bits per heavy atom. The number of anilines is 2. The van der Waals surface area contributed by atoms with Crippen molar-refractivity contribution < 1.29 is 0 Å². The largest absolute Gasteiger partial charge is 0.361 e. The maximum absolute atomic E-state index is 8.89. The summed E-state index contributed by atoms with van der Waals surface area (Å²) in [5.41, 5.74) is 4.94. The summed E-state index contributed by atoms with van der Waals surface area (Å²) < 4.78 is 0. The minimum absolute atomic E-state index is 0.332. The van der Waals surface area contributed by atoms with Crippen LogP contribution in [-0.2, 0) is 6.54 Å². The van der Waals surface area contributed by atoms with Gasteiger partial charge in [0.15, 0.2) is 5.13 Å². The van der Waals surface area contributed by atoms with Crippen molar-refractivity contribution in [3.8, 4) is 6.07 Å². The van der Waals surface area contributed by atoms with Crippen molar-refractivity contribution in [1.82, 2.24) is 19.9 Å². The fraction of sp³-hybridized carbons (Fsp3) is 0.261. The highest BCUT2D eigenvalue weighted by Gasteiger charge is 2.26. The van der Waals surface area contributed by atoms with E-state index in [1.54, 1.807) is 23.6 Å². The van der Waals surface area contributed by atoms with E-state index in [1.807, 2.05) is 18.3 Å². The van der Waals surface area contributed by atoms with Gasteiger partial charge in [-0.1, -0.05) is 18.6 Å². The maximum Gasteiger partial charge on any atom is 0.187 e. The topological polar surface area (TPSA) is 80.6 Å². The predicted molar refractivity (Wildman–Crippen MR) is 120 cm³/mol. The number of nitrogens with one attached hydrogen (secondary N) is 2. The van der Waals surface area contributed by atoms with Crippen LogP contribution in [0.4, 0.5) is 10.8 Å². The van der Waals surface area contributed by atoms with Crippen LogP contribution in [0.3, 0.4) is 0 Å². The molecule has 0 aliphatic carbocycles. The molecule has 5 rings (SSSR count). The third-order valence-corrected chi connectivity index (χ3v) is 6.44. The van der Waals surface area contributed by atoms with E-state index in [4.69, 9.17) is 10.2 Å². The van der Waals surface area contributed by atoms with Crippen LogP contribution in [0, 0.1) is 11.3 Å². The van der Waals surface area contributed by atoms with Gasteiger partial charge in [0, 0.05) is 29.0 Å². The maximum atomic E-state index is 8.89. The number of benzene rings is 1. The Morgan fingerprint density at radius 3 is 3.07 bits per heavy atom. The molecular weight excluding hydrogens is 392 g/mol. The minimum atomic E-state index is 0.332. The molecule has 6 nitrogen and oxygen atoms in total.